The van der Waals surface area contributed by atoms with Crippen molar-refractivity contribution in [2.75, 3.05) is 5.32 Å². The van der Waals surface area contributed by atoms with Gasteiger partial charge in [-0.1, -0.05) is 40.9 Å². The number of amides is 1. The van der Waals surface area contributed by atoms with Gasteiger partial charge in [0.1, 0.15) is 5.25 Å². The molecule has 4 nitrogen and oxygen atoms in total. The third-order valence-corrected chi connectivity index (χ3v) is 6.39. The van der Waals surface area contributed by atoms with Crippen LogP contribution >= 0.6 is 34.8 Å². The zero-order valence-corrected chi connectivity index (χ0v) is 15.7. The molecule has 8 heteroatoms. The van der Waals surface area contributed by atoms with Gasteiger partial charge in [-0.05, 0) is 48.9 Å². The fourth-order valence-electron chi connectivity index (χ4n) is 1.93. The van der Waals surface area contributed by atoms with E-state index in [-0.39, 0.29) is 10.8 Å². The van der Waals surface area contributed by atoms with Gasteiger partial charge in [-0.25, -0.2) is 8.42 Å². The second kappa shape index (κ2) is 7.74. The number of hydrogen-bond donors (Lipinski definition) is 1. The summed E-state index contributed by atoms with van der Waals surface area (Å²) in [4.78, 5) is 12.2. The number of hydrogen-bond acceptors (Lipinski definition) is 3. The van der Waals surface area contributed by atoms with Crippen molar-refractivity contribution in [2.45, 2.75) is 17.9 Å². The first kappa shape index (κ1) is 19.1. The van der Waals surface area contributed by atoms with Crippen LogP contribution in [0.5, 0.6) is 0 Å². The highest BCUT2D eigenvalue weighted by molar-refractivity contribution is 7.92. The monoisotopic (exact) mass is 405 g/mol. The smallest absolute Gasteiger partial charge is 0.242 e. The van der Waals surface area contributed by atoms with Gasteiger partial charge in [0.15, 0.2) is 9.84 Å². The number of benzene rings is 2. The molecule has 0 aromatic heterocycles. The summed E-state index contributed by atoms with van der Waals surface area (Å²) in [7, 11) is -3.71. The van der Waals surface area contributed by atoms with Crippen LogP contribution in [0, 0.1) is 0 Å². The molecule has 0 saturated carbocycles. The highest BCUT2D eigenvalue weighted by atomic mass is 35.5. The molecule has 1 amide bonds. The summed E-state index contributed by atoms with van der Waals surface area (Å²) >= 11 is 17.5. The fourth-order valence-corrected chi connectivity index (χ4v) is 3.65. The van der Waals surface area contributed by atoms with E-state index in [4.69, 9.17) is 34.8 Å². The maximum atomic E-state index is 12.4. The van der Waals surface area contributed by atoms with Gasteiger partial charge in [-0.15, -0.1) is 0 Å². The Hall–Kier alpha value is -1.27. The van der Waals surface area contributed by atoms with Crippen molar-refractivity contribution < 1.29 is 13.2 Å². The topological polar surface area (TPSA) is 63.2 Å². The average Bonchev–Trinajstić information content (AvgIpc) is 2.52. The standard InChI is InChI=1S/C16H14Cl3NO3S/c1-10(16(21)20-13-5-3-12(17)4-6-13)24(22,23)9-11-2-7-14(18)15(19)8-11/h2-8,10H,9H2,1H3,(H,20,21)/t10-/m1/s1. The van der Waals surface area contributed by atoms with Crippen LogP contribution in [0.15, 0.2) is 42.5 Å². The minimum Gasteiger partial charge on any atom is -0.325 e. The van der Waals surface area contributed by atoms with Crippen molar-refractivity contribution in [3.8, 4) is 0 Å². The normalized spacial score (nSPS) is 12.7. The molecule has 0 unspecified atom stereocenters. The molecule has 24 heavy (non-hydrogen) atoms. The van der Waals surface area contributed by atoms with Crippen LogP contribution < -0.4 is 5.32 Å². The van der Waals surface area contributed by atoms with E-state index >= 15 is 0 Å². The van der Waals surface area contributed by atoms with Crippen LogP contribution in [0.4, 0.5) is 5.69 Å². The lowest BCUT2D eigenvalue weighted by molar-refractivity contribution is -0.115. The van der Waals surface area contributed by atoms with Gasteiger partial charge in [0.2, 0.25) is 5.91 Å². The van der Waals surface area contributed by atoms with Crippen molar-refractivity contribution >= 4 is 56.2 Å². The van der Waals surface area contributed by atoms with E-state index in [9.17, 15) is 13.2 Å². The maximum Gasteiger partial charge on any atom is 0.242 e. The lowest BCUT2D eigenvalue weighted by Gasteiger charge is -2.14. The summed E-state index contributed by atoms with van der Waals surface area (Å²) in [5.41, 5.74) is 0.941. The number of carbonyl (C=O) groups excluding carboxylic acids is 1. The Morgan fingerprint density at radius 1 is 1.04 bits per heavy atom. The van der Waals surface area contributed by atoms with E-state index in [1.165, 1.54) is 19.1 Å². The van der Waals surface area contributed by atoms with Gasteiger partial charge in [0, 0.05) is 10.7 Å². The molecule has 128 valence electrons. The molecule has 0 radical (unpaired) electrons. The van der Waals surface area contributed by atoms with Crippen molar-refractivity contribution in [1.29, 1.82) is 0 Å². The molecule has 0 heterocycles. The quantitative estimate of drug-likeness (QED) is 0.790. The zero-order chi connectivity index (χ0) is 17.9. The second-order valence-electron chi connectivity index (χ2n) is 5.19. The fraction of sp³-hybridized carbons (Fsp3) is 0.188. The number of nitrogens with one attached hydrogen (secondary N) is 1. The van der Waals surface area contributed by atoms with Gasteiger partial charge in [0.05, 0.1) is 15.8 Å². The molecule has 0 bridgehead atoms. The first-order valence-electron chi connectivity index (χ1n) is 6.91. The number of rotatable bonds is 5. The third kappa shape index (κ3) is 4.86. The molecule has 2 aromatic rings. The number of carbonyl (C=O) groups is 1. The summed E-state index contributed by atoms with van der Waals surface area (Å²) in [5.74, 6) is -0.920. The molecule has 0 fully saturated rings. The molecule has 0 saturated heterocycles. The molecule has 2 aromatic carbocycles. The average molecular weight is 407 g/mol. The summed E-state index contributed by atoms with van der Waals surface area (Å²) in [6.45, 7) is 1.35. The Balaban J connectivity index is 2.10. The molecular weight excluding hydrogens is 393 g/mol. The van der Waals surface area contributed by atoms with Gasteiger partial charge >= 0.3 is 0 Å². The molecular formula is C16H14Cl3NO3S. The Morgan fingerprint density at radius 2 is 1.67 bits per heavy atom. The third-order valence-electron chi connectivity index (χ3n) is 3.37. The second-order valence-corrected chi connectivity index (χ2v) is 8.77. The molecule has 1 N–H and O–H groups in total. The van der Waals surface area contributed by atoms with Crippen LogP contribution in [0.3, 0.4) is 0 Å². The van der Waals surface area contributed by atoms with Gasteiger partial charge in [-0.3, -0.25) is 4.79 Å². The summed E-state index contributed by atoms with van der Waals surface area (Å²) < 4.78 is 24.8. The SMILES string of the molecule is C[C@H](C(=O)Nc1ccc(Cl)cc1)S(=O)(=O)Cc1ccc(Cl)c(Cl)c1. The van der Waals surface area contributed by atoms with E-state index in [0.29, 0.717) is 21.3 Å². The van der Waals surface area contributed by atoms with E-state index < -0.39 is 21.0 Å². The van der Waals surface area contributed by atoms with Crippen LogP contribution in [0.25, 0.3) is 0 Å². The van der Waals surface area contributed by atoms with E-state index in [2.05, 4.69) is 5.32 Å². The van der Waals surface area contributed by atoms with Crippen molar-refractivity contribution in [3.63, 3.8) is 0 Å². The Kier molecular flexibility index (Phi) is 6.15. The van der Waals surface area contributed by atoms with Crippen molar-refractivity contribution in [1.82, 2.24) is 0 Å². The Labute approximate surface area is 155 Å². The molecule has 1 atom stereocenters. The summed E-state index contributed by atoms with van der Waals surface area (Å²) in [5, 5.41) is 2.46. The lowest BCUT2D eigenvalue weighted by Crippen LogP contribution is -2.33. The minimum atomic E-state index is -3.71. The maximum absolute atomic E-state index is 12.4. The zero-order valence-electron chi connectivity index (χ0n) is 12.6. The minimum absolute atomic E-state index is 0.266. The first-order valence-corrected chi connectivity index (χ1v) is 9.76. The highest BCUT2D eigenvalue weighted by Crippen LogP contribution is 2.24. The number of halogens is 3. The molecule has 0 aliphatic rings. The molecule has 0 aliphatic carbocycles. The summed E-state index contributed by atoms with van der Waals surface area (Å²) in [6.07, 6.45) is 0. The predicted octanol–water partition coefficient (Wildman–Crippen LogP) is 4.59. The predicted molar refractivity (Wildman–Crippen MR) is 98.6 cm³/mol. The van der Waals surface area contributed by atoms with E-state index in [1.54, 1.807) is 30.3 Å². The number of sulfone groups is 1. The van der Waals surface area contributed by atoms with E-state index in [0.717, 1.165) is 0 Å². The van der Waals surface area contributed by atoms with Crippen LogP contribution in [0.2, 0.25) is 15.1 Å². The van der Waals surface area contributed by atoms with Crippen LogP contribution in [-0.2, 0) is 20.4 Å². The molecule has 0 aliphatic heterocycles. The van der Waals surface area contributed by atoms with Crippen molar-refractivity contribution in [2.24, 2.45) is 0 Å². The van der Waals surface area contributed by atoms with Gasteiger partial charge in [0.25, 0.3) is 0 Å². The van der Waals surface area contributed by atoms with Gasteiger partial charge < -0.3 is 5.32 Å². The van der Waals surface area contributed by atoms with Gasteiger partial charge in [-0.2, -0.15) is 0 Å². The Morgan fingerprint density at radius 3 is 2.25 bits per heavy atom. The number of anilines is 1. The van der Waals surface area contributed by atoms with Crippen LogP contribution in [-0.4, -0.2) is 19.6 Å². The largest absolute Gasteiger partial charge is 0.325 e. The Bertz CT molecular complexity index is 851. The van der Waals surface area contributed by atoms with Crippen molar-refractivity contribution in [3.05, 3.63) is 63.1 Å². The van der Waals surface area contributed by atoms with Crippen LogP contribution in [0.1, 0.15) is 12.5 Å². The molecule has 2 rings (SSSR count). The lowest BCUT2D eigenvalue weighted by atomic mass is 10.2. The highest BCUT2D eigenvalue weighted by Gasteiger charge is 2.28. The summed E-state index contributed by atoms with van der Waals surface area (Å²) in [6, 6.07) is 11.0. The van der Waals surface area contributed by atoms with E-state index in [1.807, 2.05) is 0 Å². The first-order chi connectivity index (χ1) is 11.2. The molecule has 0 spiro atoms.